The molecule has 0 aromatic rings. The Morgan fingerprint density at radius 2 is 0.657 bits per heavy atom. The average molecular weight is 1600 g/mol. The fourth-order valence-corrected chi connectivity index (χ4v) is 13.2. The molecule has 24 nitrogen and oxygen atoms in total. The minimum atomic E-state index is -4.98. The van der Waals surface area contributed by atoms with Gasteiger partial charge in [-0.15, -0.1) is 0 Å². The Labute approximate surface area is 697 Å². The fourth-order valence-electron chi connectivity index (χ4n) is 11.7. The molecule has 4 amide bonds. The third-order valence-electron chi connectivity index (χ3n) is 18.1. The van der Waals surface area contributed by atoms with Gasteiger partial charge in [0.2, 0.25) is 23.6 Å². The summed E-state index contributed by atoms with van der Waals surface area (Å²) >= 11 is 0. The van der Waals surface area contributed by atoms with Crippen LogP contribution in [0.5, 0.6) is 0 Å². The number of esters is 2. The van der Waals surface area contributed by atoms with E-state index in [0.717, 1.165) is 167 Å². The van der Waals surface area contributed by atoms with Crippen molar-refractivity contribution in [3.05, 3.63) is 24.3 Å². The van der Waals surface area contributed by atoms with Crippen molar-refractivity contribution in [2.24, 2.45) is 0 Å². The number of aliphatic hydroxyl groups is 2. The number of unbranched alkanes of at least 4 members (excludes halogenated alkanes) is 27. The van der Waals surface area contributed by atoms with E-state index < -0.39 is 102 Å². The maximum atomic E-state index is 13.6. The van der Waals surface area contributed by atoms with Gasteiger partial charge in [0, 0.05) is 52.0 Å². The molecule has 0 aliphatic carbocycles. The fraction of sp³-hybridized carbons (Fsp3) is 0.875. The molecule has 0 bridgehead atoms. The number of phosphoric acid groups is 2. The predicted octanol–water partition coefficient (Wildman–Crippen LogP) is 9.73. The first kappa shape index (κ1) is 111. The minimum Gasteiger partial charge on any atom is -0.756 e. The van der Waals surface area contributed by atoms with E-state index in [1.54, 1.807) is 0 Å². The molecule has 0 fully saturated rings. The van der Waals surface area contributed by atoms with Crippen LogP contribution in [0.4, 0.5) is 0 Å². The first-order valence-electron chi connectivity index (χ1n) is 41.7. The van der Waals surface area contributed by atoms with Crippen LogP contribution in [0.3, 0.4) is 0 Å². The maximum absolute atomic E-state index is 13.6. The number of allylic oxidation sites excluding steroid dienone is 4. The summed E-state index contributed by atoms with van der Waals surface area (Å²) in [6.07, 6.45) is 44.2. The van der Waals surface area contributed by atoms with Gasteiger partial charge in [-0.05, 0) is 116 Å². The van der Waals surface area contributed by atoms with E-state index in [-0.39, 0.29) is 149 Å². The third-order valence-corrected chi connectivity index (χ3v) is 20.0. The van der Waals surface area contributed by atoms with E-state index in [1.807, 2.05) is 0 Å². The van der Waals surface area contributed by atoms with Gasteiger partial charge in [0.1, 0.15) is 12.2 Å². The van der Waals surface area contributed by atoms with Gasteiger partial charge in [-0.1, -0.05) is 220 Å². The summed E-state index contributed by atoms with van der Waals surface area (Å²) in [5, 5.41) is 31.9. The molecular formula is C80H150N4Na2O20P2. The maximum Gasteiger partial charge on any atom is 1.00 e. The zero-order valence-electron chi connectivity index (χ0n) is 68.9. The van der Waals surface area contributed by atoms with Gasteiger partial charge in [-0.3, -0.25) is 37.9 Å². The number of carbonyl (C=O) groups is 6. The van der Waals surface area contributed by atoms with Crippen molar-refractivity contribution >= 4 is 51.2 Å². The van der Waals surface area contributed by atoms with Crippen LogP contribution < -0.4 is 90.2 Å². The molecule has 28 heteroatoms. The summed E-state index contributed by atoms with van der Waals surface area (Å²) in [6.45, 7) is 10.5. The van der Waals surface area contributed by atoms with Crippen molar-refractivity contribution in [2.45, 2.75) is 386 Å². The number of ether oxygens (including phenoxy) is 4. The number of hydrogen-bond donors (Lipinski definition) is 6. The number of amides is 4. The van der Waals surface area contributed by atoms with E-state index >= 15 is 0 Å². The molecule has 0 heterocycles. The van der Waals surface area contributed by atoms with Crippen LogP contribution in [0.2, 0.25) is 0 Å². The Morgan fingerprint density at radius 1 is 0.352 bits per heavy atom. The molecule has 0 saturated heterocycles. The van der Waals surface area contributed by atoms with Crippen molar-refractivity contribution < 1.29 is 154 Å². The third kappa shape index (κ3) is 75.7. The van der Waals surface area contributed by atoms with Crippen molar-refractivity contribution in [3.8, 4) is 0 Å². The summed E-state index contributed by atoms with van der Waals surface area (Å²) < 4.78 is 69.9. The van der Waals surface area contributed by atoms with Crippen LogP contribution in [0.15, 0.2) is 24.3 Å². The van der Waals surface area contributed by atoms with E-state index in [9.17, 15) is 57.9 Å². The Balaban J connectivity index is -0.0000551. The average Bonchev–Trinajstić information content (AvgIpc) is 0.929. The number of rotatable bonds is 79. The van der Waals surface area contributed by atoms with E-state index in [1.165, 1.54) is 38.5 Å². The van der Waals surface area contributed by atoms with Gasteiger partial charge in [-0.25, -0.2) is 0 Å². The van der Waals surface area contributed by atoms with Gasteiger partial charge in [0.15, 0.2) is 0 Å². The number of nitrogens with one attached hydrogen (secondary N) is 4. The molecule has 0 aromatic carbocycles. The normalized spacial score (nSPS) is 14.4. The molecule has 0 aliphatic heterocycles. The largest absolute Gasteiger partial charge is 1.00 e. The molecule has 0 aromatic heterocycles. The summed E-state index contributed by atoms with van der Waals surface area (Å²) in [5.41, 5.74) is 0. The van der Waals surface area contributed by atoms with Gasteiger partial charge >= 0.3 is 71.1 Å². The number of carbonyl (C=O) groups excluding carboxylic acids is 6. The summed E-state index contributed by atoms with van der Waals surface area (Å²) in [6, 6.07) is -1.93. The molecule has 0 radical (unpaired) electrons. The van der Waals surface area contributed by atoms with Crippen LogP contribution in [0.25, 0.3) is 0 Å². The Kier molecular flexibility index (Phi) is 81.1. The molecule has 108 heavy (non-hydrogen) atoms. The number of hydrogen-bond acceptors (Lipinski definition) is 20. The van der Waals surface area contributed by atoms with Crippen LogP contribution in [-0.2, 0) is 74.9 Å². The standard InChI is InChI=1S/C80H152N4O20P2.2Na/c1-7-13-19-25-27-29-31-37-43-53-79(91)103-73(49-41-35-23-17-11-5)63-77(89)83-69(65-97-59-55-71(85)47-39-33-21-15-9-3)67-101-105(93,94)99-61-57-81-75(87)51-45-46-52-76(88)82-58-62-100-106(95,96)102-68-70(66-98-60-56-72(86)48-40-34-22-16-10-4)84-78(90)64-74(50-42-36-24-18-12-6)104-80(92)54-44-38-32-30-28-26-20-14-8-2;;/h29-32,69-74,85-86H,7-28,33-68H2,1-6H3,(H,81,87)(H,82,88)(H,83,89)(H,84,90)(H,93,94)(H,95,96);;/q;2*+1/p-2/b31-29-,32-30-;;/t69?,70?,71?,72?,73-,74-;;/m1../s1. The Morgan fingerprint density at radius 3 is 0.991 bits per heavy atom. The second kappa shape index (κ2) is 79.2. The molecule has 622 valence electrons. The minimum absolute atomic E-state index is 0. The van der Waals surface area contributed by atoms with Crippen LogP contribution >= 0.6 is 15.6 Å². The van der Waals surface area contributed by atoms with Crippen molar-refractivity contribution in [3.63, 3.8) is 0 Å². The van der Waals surface area contributed by atoms with Crippen LogP contribution in [0, 0.1) is 0 Å². The van der Waals surface area contributed by atoms with Gasteiger partial charge in [0.25, 0.3) is 15.6 Å². The first-order chi connectivity index (χ1) is 51.2. The molecule has 0 spiro atoms. The van der Waals surface area contributed by atoms with Crippen LogP contribution in [0.1, 0.15) is 350 Å². The quantitative estimate of drug-likeness (QED) is 0.0108. The van der Waals surface area contributed by atoms with Crippen molar-refractivity contribution in [1.29, 1.82) is 0 Å². The zero-order valence-corrected chi connectivity index (χ0v) is 74.7. The van der Waals surface area contributed by atoms with E-state index in [4.69, 9.17) is 37.0 Å². The monoisotopic (exact) mass is 1600 g/mol. The molecule has 0 aliphatic rings. The molecular weight excluding hydrogens is 1440 g/mol. The van der Waals surface area contributed by atoms with Gasteiger partial charge in [0.05, 0.1) is 76.8 Å². The van der Waals surface area contributed by atoms with E-state index in [2.05, 4.69) is 87.1 Å². The summed E-state index contributed by atoms with van der Waals surface area (Å²) in [7, 11) is -9.95. The molecule has 6 unspecified atom stereocenters. The second-order valence-corrected chi connectivity index (χ2v) is 31.3. The smallest absolute Gasteiger partial charge is 0.756 e. The van der Waals surface area contributed by atoms with E-state index in [0.29, 0.717) is 64.2 Å². The predicted molar refractivity (Wildman–Crippen MR) is 416 cm³/mol. The molecule has 8 atom stereocenters. The first-order valence-corrected chi connectivity index (χ1v) is 44.7. The zero-order chi connectivity index (χ0) is 78.3. The van der Waals surface area contributed by atoms with Gasteiger partial charge < -0.3 is 78.3 Å². The number of phosphoric ester groups is 2. The number of aliphatic hydroxyl groups excluding tert-OH is 2. The van der Waals surface area contributed by atoms with Crippen molar-refractivity contribution in [2.75, 3.05) is 65.9 Å². The van der Waals surface area contributed by atoms with Crippen molar-refractivity contribution in [1.82, 2.24) is 21.3 Å². The van der Waals surface area contributed by atoms with Crippen LogP contribution in [-0.4, -0.2) is 148 Å². The molecule has 6 N–H and O–H groups in total. The summed E-state index contributed by atoms with van der Waals surface area (Å²) in [4.78, 5) is 105. The molecule has 0 rings (SSSR count). The SMILES string of the molecule is CCCCCC/C=C\CCCC(=O)O[C@H](CCCCCCC)CC(=O)NC(COCCC(O)CCCCCCC)COP(=O)([O-])OCCNC(=O)CCCCC(=O)NCCOP(=O)([O-])OCC(COCCC(O)CCCCCCC)NC(=O)C[C@@H](CCCCCCC)OC(=O)CCC/C=C\CCCCCC.[Na+].[Na+]. The Hall–Kier alpha value is -1.64. The summed E-state index contributed by atoms with van der Waals surface area (Å²) in [5.74, 6) is -2.58. The second-order valence-electron chi connectivity index (χ2n) is 28.5. The Bertz CT molecular complexity index is 2170. The van der Waals surface area contributed by atoms with Gasteiger partial charge in [-0.2, -0.15) is 0 Å². The molecule has 0 saturated carbocycles. The topological polar surface area (TPSA) is 345 Å².